The molecular formula is C12H14N4O. The maximum Gasteiger partial charge on any atom is 0.115 e. The average molecular weight is 230 g/mol. The fourth-order valence-corrected chi connectivity index (χ4v) is 2.08. The van der Waals surface area contributed by atoms with Crippen molar-refractivity contribution in [3.8, 4) is 17.0 Å². The van der Waals surface area contributed by atoms with Crippen molar-refractivity contribution in [1.82, 2.24) is 20.3 Å². The topological polar surface area (TPSA) is 63.0 Å². The number of hydrogen-bond acceptors (Lipinski definition) is 4. The number of phenols is 1. The lowest BCUT2D eigenvalue weighted by Crippen LogP contribution is -2.13. The molecule has 0 spiro atoms. The van der Waals surface area contributed by atoms with E-state index in [9.17, 15) is 5.11 Å². The molecule has 1 unspecified atom stereocenters. The molecule has 1 atom stereocenters. The molecule has 3 rings (SSSR count). The maximum absolute atomic E-state index is 9.23. The lowest BCUT2D eigenvalue weighted by atomic mass is 10.1. The van der Waals surface area contributed by atoms with Crippen molar-refractivity contribution in [2.45, 2.75) is 12.5 Å². The smallest absolute Gasteiger partial charge is 0.115 e. The fourth-order valence-electron chi connectivity index (χ4n) is 2.08. The Bertz CT molecular complexity index is 499. The molecule has 0 aliphatic carbocycles. The molecule has 1 aromatic carbocycles. The summed E-state index contributed by atoms with van der Waals surface area (Å²) in [6.45, 7) is 2.00. The van der Waals surface area contributed by atoms with E-state index in [2.05, 4.69) is 15.6 Å². The molecule has 0 saturated carbocycles. The Kier molecular flexibility index (Phi) is 2.53. The van der Waals surface area contributed by atoms with E-state index in [1.54, 1.807) is 12.1 Å². The van der Waals surface area contributed by atoms with Crippen molar-refractivity contribution >= 4 is 0 Å². The monoisotopic (exact) mass is 230 g/mol. The van der Waals surface area contributed by atoms with Gasteiger partial charge in [-0.1, -0.05) is 5.21 Å². The minimum Gasteiger partial charge on any atom is -0.508 e. The second-order valence-electron chi connectivity index (χ2n) is 4.28. The van der Waals surface area contributed by atoms with Gasteiger partial charge in [-0.15, -0.1) is 5.10 Å². The number of phenolic OH excluding ortho intramolecular Hbond substituents is 1. The van der Waals surface area contributed by atoms with Gasteiger partial charge >= 0.3 is 0 Å². The third kappa shape index (κ3) is 2.01. The van der Waals surface area contributed by atoms with Crippen LogP contribution in [0.2, 0.25) is 0 Å². The SMILES string of the molecule is Oc1ccc(-c2cn(C3CCNC3)nn2)cc1. The molecule has 2 N–H and O–H groups in total. The highest BCUT2D eigenvalue weighted by molar-refractivity contribution is 5.58. The zero-order valence-electron chi connectivity index (χ0n) is 9.37. The van der Waals surface area contributed by atoms with Crippen LogP contribution in [0.5, 0.6) is 5.75 Å². The molecule has 0 radical (unpaired) electrons. The highest BCUT2D eigenvalue weighted by Gasteiger charge is 2.17. The highest BCUT2D eigenvalue weighted by Crippen LogP contribution is 2.21. The van der Waals surface area contributed by atoms with Crippen molar-refractivity contribution in [2.24, 2.45) is 0 Å². The van der Waals surface area contributed by atoms with Crippen molar-refractivity contribution in [1.29, 1.82) is 0 Å². The van der Waals surface area contributed by atoms with Crippen LogP contribution < -0.4 is 5.32 Å². The van der Waals surface area contributed by atoms with Gasteiger partial charge in [0.25, 0.3) is 0 Å². The number of benzene rings is 1. The Balaban J connectivity index is 1.86. The van der Waals surface area contributed by atoms with Gasteiger partial charge in [0.05, 0.1) is 12.2 Å². The highest BCUT2D eigenvalue weighted by atomic mass is 16.3. The molecule has 0 amide bonds. The number of hydrogen-bond donors (Lipinski definition) is 2. The molecule has 1 aromatic heterocycles. The molecule has 5 heteroatoms. The molecule has 88 valence electrons. The first-order valence-corrected chi connectivity index (χ1v) is 5.75. The van der Waals surface area contributed by atoms with Crippen LogP contribution in [0.15, 0.2) is 30.5 Å². The molecular weight excluding hydrogens is 216 g/mol. The first kappa shape index (κ1) is 10.3. The van der Waals surface area contributed by atoms with Gasteiger partial charge in [0, 0.05) is 12.1 Å². The minimum atomic E-state index is 0.265. The van der Waals surface area contributed by atoms with E-state index < -0.39 is 0 Å². The summed E-state index contributed by atoms with van der Waals surface area (Å²) in [5.74, 6) is 0.265. The van der Waals surface area contributed by atoms with Gasteiger partial charge < -0.3 is 10.4 Å². The third-order valence-electron chi connectivity index (χ3n) is 3.08. The Hall–Kier alpha value is -1.88. The van der Waals surface area contributed by atoms with Crippen molar-refractivity contribution in [2.75, 3.05) is 13.1 Å². The lowest BCUT2D eigenvalue weighted by Gasteiger charge is -2.06. The van der Waals surface area contributed by atoms with E-state index in [4.69, 9.17) is 0 Å². The van der Waals surface area contributed by atoms with Crippen molar-refractivity contribution in [3.05, 3.63) is 30.5 Å². The molecule has 1 saturated heterocycles. The van der Waals surface area contributed by atoms with Crippen molar-refractivity contribution in [3.63, 3.8) is 0 Å². The average Bonchev–Trinajstić information content (AvgIpc) is 3.00. The van der Waals surface area contributed by atoms with Crippen LogP contribution in [0.25, 0.3) is 11.3 Å². The molecule has 1 aliphatic rings. The van der Waals surface area contributed by atoms with Gasteiger partial charge in [-0.25, -0.2) is 4.68 Å². The van der Waals surface area contributed by atoms with Crippen LogP contribution in [0.4, 0.5) is 0 Å². The van der Waals surface area contributed by atoms with E-state index >= 15 is 0 Å². The van der Waals surface area contributed by atoms with E-state index in [1.165, 1.54) is 0 Å². The summed E-state index contributed by atoms with van der Waals surface area (Å²) in [5.41, 5.74) is 1.82. The largest absolute Gasteiger partial charge is 0.508 e. The quantitative estimate of drug-likeness (QED) is 0.813. The maximum atomic E-state index is 9.23. The van der Waals surface area contributed by atoms with Crippen LogP contribution in [-0.4, -0.2) is 33.2 Å². The summed E-state index contributed by atoms with van der Waals surface area (Å²) >= 11 is 0. The Morgan fingerprint density at radius 2 is 2.12 bits per heavy atom. The number of rotatable bonds is 2. The molecule has 0 bridgehead atoms. The van der Waals surface area contributed by atoms with Crippen LogP contribution in [0.3, 0.4) is 0 Å². The molecule has 1 aliphatic heterocycles. The first-order valence-electron chi connectivity index (χ1n) is 5.75. The predicted molar refractivity (Wildman–Crippen MR) is 63.6 cm³/mol. The molecule has 5 nitrogen and oxygen atoms in total. The minimum absolute atomic E-state index is 0.265. The number of nitrogens with zero attached hydrogens (tertiary/aromatic N) is 3. The third-order valence-corrected chi connectivity index (χ3v) is 3.08. The van der Waals surface area contributed by atoms with Gasteiger partial charge in [0.15, 0.2) is 0 Å². The van der Waals surface area contributed by atoms with Crippen LogP contribution in [-0.2, 0) is 0 Å². The Morgan fingerprint density at radius 1 is 1.29 bits per heavy atom. The van der Waals surface area contributed by atoms with Crippen LogP contribution in [0, 0.1) is 0 Å². The summed E-state index contributed by atoms with van der Waals surface area (Å²) in [4.78, 5) is 0. The van der Waals surface area contributed by atoms with Crippen LogP contribution in [0.1, 0.15) is 12.5 Å². The number of aromatic nitrogens is 3. The zero-order chi connectivity index (χ0) is 11.7. The fraction of sp³-hybridized carbons (Fsp3) is 0.333. The number of nitrogens with one attached hydrogen (secondary N) is 1. The summed E-state index contributed by atoms with van der Waals surface area (Å²) in [7, 11) is 0. The Morgan fingerprint density at radius 3 is 2.82 bits per heavy atom. The van der Waals surface area contributed by atoms with Gasteiger partial charge in [-0.3, -0.25) is 0 Å². The molecule has 1 fully saturated rings. The molecule has 2 heterocycles. The van der Waals surface area contributed by atoms with E-state index in [-0.39, 0.29) is 5.75 Å². The second kappa shape index (κ2) is 4.18. The molecule has 17 heavy (non-hydrogen) atoms. The first-order chi connectivity index (χ1) is 8.33. The second-order valence-corrected chi connectivity index (χ2v) is 4.28. The van der Waals surface area contributed by atoms with Crippen LogP contribution >= 0.6 is 0 Å². The van der Waals surface area contributed by atoms with E-state index in [0.29, 0.717) is 6.04 Å². The zero-order valence-corrected chi connectivity index (χ0v) is 9.37. The summed E-state index contributed by atoms with van der Waals surface area (Å²) in [6, 6.07) is 7.41. The van der Waals surface area contributed by atoms with Gasteiger partial charge in [0.1, 0.15) is 11.4 Å². The normalized spacial score (nSPS) is 19.6. The lowest BCUT2D eigenvalue weighted by molar-refractivity contribution is 0.475. The summed E-state index contributed by atoms with van der Waals surface area (Å²) in [5, 5.41) is 20.9. The van der Waals surface area contributed by atoms with E-state index in [1.807, 2.05) is 23.0 Å². The van der Waals surface area contributed by atoms with Gasteiger partial charge in [0.2, 0.25) is 0 Å². The standard InChI is InChI=1S/C12H14N4O/c17-11-3-1-9(2-4-11)12-8-16(15-14-12)10-5-6-13-7-10/h1-4,8,10,13,17H,5-7H2. The summed E-state index contributed by atoms with van der Waals surface area (Å²) < 4.78 is 1.92. The molecule has 2 aromatic rings. The van der Waals surface area contributed by atoms with Gasteiger partial charge in [-0.2, -0.15) is 0 Å². The van der Waals surface area contributed by atoms with Gasteiger partial charge in [-0.05, 0) is 37.2 Å². The van der Waals surface area contributed by atoms with Crippen molar-refractivity contribution < 1.29 is 5.11 Å². The van der Waals surface area contributed by atoms with E-state index in [0.717, 1.165) is 30.8 Å². The number of aromatic hydroxyl groups is 1. The summed E-state index contributed by atoms with van der Waals surface area (Å²) in [6.07, 6.45) is 3.06. The predicted octanol–water partition coefficient (Wildman–Crippen LogP) is 1.19. The Labute approximate surface area is 99.1 Å².